The maximum Gasteiger partial charge on any atom is 0.356 e. The number of rotatable bonds is 4. The van der Waals surface area contributed by atoms with Crippen LogP contribution in [-0.4, -0.2) is 54.0 Å². The number of nitrogens with zero attached hydrogens (tertiary/aromatic N) is 4. The Morgan fingerprint density at radius 2 is 1.93 bits per heavy atom. The van der Waals surface area contributed by atoms with Crippen molar-refractivity contribution < 1.29 is 13.9 Å². The first kappa shape index (κ1) is 19.0. The van der Waals surface area contributed by atoms with Crippen LogP contribution in [0, 0.1) is 5.82 Å². The lowest BCUT2D eigenvalue weighted by Crippen LogP contribution is -2.43. The molecule has 2 fully saturated rings. The summed E-state index contributed by atoms with van der Waals surface area (Å²) < 4.78 is 20.2. The number of methoxy groups -OCH3 is 1. The average Bonchev–Trinajstić information content (AvgIpc) is 3.11. The van der Waals surface area contributed by atoms with Gasteiger partial charge in [-0.25, -0.2) is 18.9 Å². The average molecular weight is 409 g/mol. The Kier molecular flexibility index (Phi) is 4.86. The van der Waals surface area contributed by atoms with E-state index in [0.717, 1.165) is 55.8 Å². The van der Waals surface area contributed by atoms with Crippen LogP contribution in [0.4, 0.5) is 10.1 Å². The van der Waals surface area contributed by atoms with Crippen molar-refractivity contribution in [2.24, 2.45) is 0 Å². The van der Waals surface area contributed by atoms with Crippen LogP contribution in [0.25, 0.3) is 16.7 Å². The van der Waals surface area contributed by atoms with E-state index in [1.807, 2.05) is 6.07 Å². The number of benzene rings is 1. The molecular weight excluding hydrogens is 385 g/mol. The van der Waals surface area contributed by atoms with E-state index in [4.69, 9.17) is 9.84 Å². The maximum absolute atomic E-state index is 13.5. The monoisotopic (exact) mass is 409 g/mol. The van der Waals surface area contributed by atoms with Crippen molar-refractivity contribution in [3.05, 3.63) is 47.5 Å². The quantitative estimate of drug-likeness (QED) is 0.668. The first-order valence-electron chi connectivity index (χ1n) is 10.4. The van der Waals surface area contributed by atoms with Gasteiger partial charge in [0.05, 0.1) is 29.6 Å². The summed E-state index contributed by atoms with van der Waals surface area (Å²) in [5.41, 5.74) is 3.56. The predicted molar refractivity (Wildman–Crippen MR) is 112 cm³/mol. The Labute approximate surface area is 173 Å². The number of hydrogen-bond donors (Lipinski definition) is 1. The van der Waals surface area contributed by atoms with Gasteiger partial charge in [0.2, 0.25) is 0 Å². The summed E-state index contributed by atoms with van der Waals surface area (Å²) in [7, 11) is 1.36. The Hall–Kier alpha value is -3.00. The minimum absolute atomic E-state index is 0.252. The highest BCUT2D eigenvalue weighted by Gasteiger charge is 2.30. The van der Waals surface area contributed by atoms with E-state index in [-0.39, 0.29) is 11.5 Å². The van der Waals surface area contributed by atoms with Gasteiger partial charge in [-0.15, -0.1) is 0 Å². The Bertz CT molecular complexity index is 1090. The second-order valence-corrected chi connectivity index (χ2v) is 7.86. The molecule has 0 radical (unpaired) electrons. The number of carbonyl (C=O) groups is 1. The van der Waals surface area contributed by atoms with Crippen molar-refractivity contribution in [2.45, 2.75) is 25.2 Å². The van der Waals surface area contributed by atoms with Gasteiger partial charge in [-0.2, -0.15) is 5.10 Å². The molecule has 1 aliphatic carbocycles. The molecular formula is C22H24FN5O2. The minimum atomic E-state index is -0.481. The van der Waals surface area contributed by atoms with E-state index >= 15 is 0 Å². The molecule has 1 aromatic carbocycles. The summed E-state index contributed by atoms with van der Waals surface area (Å²) in [5.74, 6) is -0.411. The molecule has 1 N–H and O–H groups in total. The van der Waals surface area contributed by atoms with Crippen molar-refractivity contribution in [3.8, 4) is 5.69 Å². The zero-order valence-corrected chi connectivity index (χ0v) is 16.9. The smallest absolute Gasteiger partial charge is 0.356 e. The molecule has 8 heteroatoms. The zero-order valence-electron chi connectivity index (χ0n) is 16.9. The van der Waals surface area contributed by atoms with Crippen molar-refractivity contribution in [3.63, 3.8) is 0 Å². The first-order chi connectivity index (χ1) is 14.7. The lowest BCUT2D eigenvalue weighted by atomic mass is 9.82. The molecule has 3 heterocycles. The van der Waals surface area contributed by atoms with Gasteiger partial charge in [-0.05, 0) is 43.2 Å². The molecule has 0 amide bonds. The van der Waals surface area contributed by atoms with Crippen molar-refractivity contribution >= 4 is 22.7 Å². The number of halogens is 1. The van der Waals surface area contributed by atoms with Gasteiger partial charge in [0, 0.05) is 32.1 Å². The van der Waals surface area contributed by atoms with Gasteiger partial charge < -0.3 is 15.0 Å². The third kappa shape index (κ3) is 3.21. The molecule has 1 saturated carbocycles. The van der Waals surface area contributed by atoms with Crippen molar-refractivity contribution in [1.82, 2.24) is 20.1 Å². The molecule has 30 heavy (non-hydrogen) atoms. The molecule has 0 spiro atoms. The van der Waals surface area contributed by atoms with Gasteiger partial charge in [-0.1, -0.05) is 6.42 Å². The molecule has 5 rings (SSSR count). The van der Waals surface area contributed by atoms with Gasteiger partial charge in [0.25, 0.3) is 0 Å². The number of anilines is 1. The van der Waals surface area contributed by atoms with E-state index in [2.05, 4.69) is 15.2 Å². The second kappa shape index (κ2) is 7.68. The van der Waals surface area contributed by atoms with E-state index in [1.165, 1.54) is 25.7 Å². The highest BCUT2D eigenvalue weighted by atomic mass is 19.1. The fourth-order valence-electron chi connectivity index (χ4n) is 4.22. The number of carbonyl (C=O) groups excluding carboxylic acids is 1. The van der Waals surface area contributed by atoms with Crippen molar-refractivity contribution in [2.75, 3.05) is 38.2 Å². The Morgan fingerprint density at radius 1 is 1.20 bits per heavy atom. The summed E-state index contributed by atoms with van der Waals surface area (Å²) in [5, 5.41) is 9.29. The summed E-state index contributed by atoms with van der Waals surface area (Å²) in [6, 6.07) is 8.02. The molecule has 0 bridgehead atoms. The normalized spacial score (nSPS) is 17.2. The number of hydrogen-bond acceptors (Lipinski definition) is 6. The number of piperazine rings is 1. The topological polar surface area (TPSA) is 72.3 Å². The molecule has 7 nitrogen and oxygen atoms in total. The fourth-order valence-corrected chi connectivity index (χ4v) is 4.22. The molecule has 0 unspecified atom stereocenters. The van der Waals surface area contributed by atoms with E-state index < -0.39 is 5.97 Å². The highest BCUT2D eigenvalue weighted by Crippen LogP contribution is 2.42. The number of fused-ring (bicyclic) bond motifs is 1. The highest BCUT2D eigenvalue weighted by molar-refractivity contribution is 5.99. The summed E-state index contributed by atoms with van der Waals surface area (Å²) >= 11 is 0. The molecule has 2 aromatic heterocycles. The van der Waals surface area contributed by atoms with Crippen LogP contribution in [0.15, 0.2) is 30.3 Å². The van der Waals surface area contributed by atoms with Gasteiger partial charge in [-0.3, -0.25) is 0 Å². The molecule has 1 aliphatic heterocycles. The lowest BCUT2D eigenvalue weighted by molar-refractivity contribution is 0.0594. The third-order valence-corrected chi connectivity index (χ3v) is 6.06. The van der Waals surface area contributed by atoms with Crippen molar-refractivity contribution in [1.29, 1.82) is 0 Å². The predicted octanol–water partition coefficient (Wildman–Crippen LogP) is 3.02. The number of nitrogens with one attached hydrogen (secondary N) is 1. The van der Waals surface area contributed by atoms with Crippen LogP contribution >= 0.6 is 0 Å². The maximum atomic E-state index is 13.5. The van der Waals surface area contributed by atoms with E-state index in [1.54, 1.807) is 16.8 Å². The summed E-state index contributed by atoms with van der Waals surface area (Å²) in [6.45, 7) is 3.43. The number of esters is 1. The number of pyridine rings is 1. The van der Waals surface area contributed by atoms with E-state index in [0.29, 0.717) is 17.3 Å². The van der Waals surface area contributed by atoms with E-state index in [9.17, 15) is 9.18 Å². The molecule has 156 valence electrons. The van der Waals surface area contributed by atoms with Crippen LogP contribution in [0.2, 0.25) is 0 Å². The largest absolute Gasteiger partial charge is 0.464 e. The fraction of sp³-hybridized carbons (Fsp3) is 0.409. The Balaban J connectivity index is 1.77. The van der Waals surface area contributed by atoms with Crippen LogP contribution < -0.4 is 10.2 Å². The van der Waals surface area contributed by atoms with Crippen LogP contribution in [0.3, 0.4) is 0 Å². The molecule has 2 aliphatic rings. The first-order valence-corrected chi connectivity index (χ1v) is 10.4. The standard InChI is InChI=1S/C22H24FN5O2/c1-30-22(29)17-13-18(27-11-9-24-10-12-27)19-20(14-3-2-4-14)26-28(21(19)25-17)16-7-5-15(23)6-8-16/h5-8,13-14,24H,2-4,9-12H2,1H3. The molecule has 0 atom stereocenters. The third-order valence-electron chi connectivity index (χ3n) is 6.06. The van der Waals surface area contributed by atoms with Gasteiger partial charge in [0.1, 0.15) is 5.82 Å². The second-order valence-electron chi connectivity index (χ2n) is 7.86. The minimum Gasteiger partial charge on any atom is -0.464 e. The molecule has 3 aromatic rings. The summed E-state index contributed by atoms with van der Waals surface area (Å²) in [4.78, 5) is 19.3. The lowest BCUT2D eigenvalue weighted by Gasteiger charge is -2.31. The van der Waals surface area contributed by atoms with Gasteiger partial charge in [0.15, 0.2) is 11.3 Å². The zero-order chi connectivity index (χ0) is 20.7. The van der Waals surface area contributed by atoms with Crippen LogP contribution in [0.5, 0.6) is 0 Å². The van der Waals surface area contributed by atoms with Crippen LogP contribution in [-0.2, 0) is 4.74 Å². The van der Waals surface area contributed by atoms with Crippen LogP contribution in [0.1, 0.15) is 41.4 Å². The summed E-state index contributed by atoms with van der Waals surface area (Å²) in [6.07, 6.45) is 3.37. The SMILES string of the molecule is COC(=O)c1cc(N2CCNCC2)c2c(C3CCC3)nn(-c3ccc(F)cc3)c2n1. The number of ether oxygens (including phenoxy) is 1. The Morgan fingerprint density at radius 3 is 2.57 bits per heavy atom. The molecule has 1 saturated heterocycles. The van der Waals surface area contributed by atoms with Gasteiger partial charge >= 0.3 is 5.97 Å². The number of aromatic nitrogens is 3.